The van der Waals surface area contributed by atoms with E-state index in [9.17, 15) is 17.6 Å². The van der Waals surface area contributed by atoms with Crippen LogP contribution in [-0.4, -0.2) is 9.55 Å². The Morgan fingerprint density at radius 3 is 2.43 bits per heavy atom. The van der Waals surface area contributed by atoms with Gasteiger partial charge < -0.3 is 4.57 Å². The Morgan fingerprint density at radius 1 is 1.00 bits per heavy atom. The van der Waals surface area contributed by atoms with Crippen LogP contribution in [-0.2, 0) is 12.7 Å². The molecule has 6 heteroatoms. The van der Waals surface area contributed by atoms with E-state index in [0.29, 0.717) is 17.8 Å². The Hall–Kier alpha value is -2.63. The topological polar surface area (TPSA) is 17.8 Å². The number of alkyl halides is 3. The van der Waals surface area contributed by atoms with E-state index in [1.807, 2.05) is 0 Å². The van der Waals surface area contributed by atoms with Crippen LogP contribution in [0.1, 0.15) is 11.1 Å². The molecule has 0 atom stereocenters. The Bertz CT molecular complexity index is 804. The van der Waals surface area contributed by atoms with Gasteiger partial charge in [-0.05, 0) is 29.8 Å². The highest BCUT2D eigenvalue weighted by atomic mass is 19.4. The third-order valence-electron chi connectivity index (χ3n) is 3.40. The monoisotopic (exact) mass is 320 g/mol. The smallest absolute Gasteiger partial charge is 0.332 e. The van der Waals surface area contributed by atoms with Crippen molar-refractivity contribution >= 4 is 0 Å². The summed E-state index contributed by atoms with van der Waals surface area (Å²) in [5, 5.41) is 0. The van der Waals surface area contributed by atoms with E-state index in [4.69, 9.17) is 0 Å². The first-order valence-corrected chi connectivity index (χ1v) is 6.86. The first-order chi connectivity index (χ1) is 10.9. The van der Waals surface area contributed by atoms with Crippen LogP contribution in [0.4, 0.5) is 17.6 Å². The van der Waals surface area contributed by atoms with Gasteiger partial charge in [-0.3, -0.25) is 0 Å². The lowest BCUT2D eigenvalue weighted by Gasteiger charge is -2.07. The van der Waals surface area contributed by atoms with E-state index in [2.05, 4.69) is 4.98 Å². The van der Waals surface area contributed by atoms with E-state index >= 15 is 0 Å². The molecular formula is C17H12F4N2. The van der Waals surface area contributed by atoms with Crippen molar-refractivity contribution in [1.82, 2.24) is 9.55 Å². The second-order valence-electron chi connectivity index (χ2n) is 5.14. The number of benzene rings is 2. The van der Waals surface area contributed by atoms with Crippen molar-refractivity contribution in [3.8, 4) is 11.3 Å². The lowest BCUT2D eigenvalue weighted by molar-refractivity contribution is -0.137. The van der Waals surface area contributed by atoms with Gasteiger partial charge in [0, 0.05) is 18.3 Å². The minimum absolute atomic E-state index is 0.316. The zero-order chi connectivity index (χ0) is 16.4. The fraction of sp³-hybridized carbons (Fsp3) is 0.118. The molecule has 0 saturated heterocycles. The molecule has 23 heavy (non-hydrogen) atoms. The van der Waals surface area contributed by atoms with E-state index in [1.54, 1.807) is 35.3 Å². The number of hydrogen-bond acceptors (Lipinski definition) is 1. The Labute approximate surface area is 130 Å². The molecule has 2 nitrogen and oxygen atoms in total. The Morgan fingerprint density at radius 2 is 1.74 bits per heavy atom. The summed E-state index contributed by atoms with van der Waals surface area (Å²) in [5.74, 6) is -0.316. The van der Waals surface area contributed by atoms with Crippen LogP contribution in [0.15, 0.2) is 61.1 Å². The SMILES string of the molecule is Fc1ccc(Cn2cnc(-c3cccc(C(F)(F)F)c3)c2)cc1. The molecule has 1 aromatic heterocycles. The van der Waals surface area contributed by atoms with Crippen LogP contribution in [0.25, 0.3) is 11.3 Å². The average Bonchev–Trinajstić information content (AvgIpc) is 2.97. The van der Waals surface area contributed by atoms with Crippen LogP contribution in [0.5, 0.6) is 0 Å². The Kier molecular flexibility index (Phi) is 3.90. The summed E-state index contributed by atoms with van der Waals surface area (Å²) in [6.07, 6.45) is -1.18. The second kappa shape index (κ2) is 5.87. The van der Waals surface area contributed by atoms with Crippen LogP contribution >= 0.6 is 0 Å². The fourth-order valence-corrected chi connectivity index (χ4v) is 2.25. The molecule has 0 unspecified atom stereocenters. The number of imidazole rings is 1. The molecule has 3 rings (SSSR count). The molecule has 0 bridgehead atoms. The summed E-state index contributed by atoms with van der Waals surface area (Å²) in [5.41, 5.74) is 1.03. The maximum Gasteiger partial charge on any atom is 0.416 e. The summed E-state index contributed by atoms with van der Waals surface area (Å²) in [4.78, 5) is 4.14. The predicted octanol–water partition coefficient (Wildman–Crippen LogP) is 4.76. The molecule has 3 aromatic rings. The maximum atomic E-state index is 12.9. The van der Waals surface area contributed by atoms with Crippen molar-refractivity contribution in [2.24, 2.45) is 0 Å². The van der Waals surface area contributed by atoms with Gasteiger partial charge >= 0.3 is 6.18 Å². The summed E-state index contributed by atoms with van der Waals surface area (Å²) < 4.78 is 52.9. The van der Waals surface area contributed by atoms with E-state index in [0.717, 1.165) is 17.7 Å². The standard InChI is InChI=1S/C17H12F4N2/c18-15-6-4-12(5-7-15)9-23-10-16(22-11-23)13-2-1-3-14(8-13)17(19,20)21/h1-8,10-11H,9H2. The van der Waals surface area contributed by atoms with Crippen LogP contribution in [0, 0.1) is 5.82 Å². The molecule has 0 aliphatic heterocycles. The first-order valence-electron chi connectivity index (χ1n) is 6.86. The van der Waals surface area contributed by atoms with Crippen molar-refractivity contribution in [3.05, 3.63) is 78.0 Å². The zero-order valence-corrected chi connectivity index (χ0v) is 11.9. The number of aromatic nitrogens is 2. The highest BCUT2D eigenvalue weighted by Crippen LogP contribution is 2.31. The van der Waals surface area contributed by atoms with E-state index < -0.39 is 11.7 Å². The number of hydrogen-bond donors (Lipinski definition) is 0. The molecular weight excluding hydrogens is 308 g/mol. The summed E-state index contributed by atoms with van der Waals surface area (Å²) in [7, 11) is 0. The molecule has 0 saturated carbocycles. The van der Waals surface area contributed by atoms with Gasteiger partial charge in [-0.25, -0.2) is 9.37 Å². The fourth-order valence-electron chi connectivity index (χ4n) is 2.25. The molecule has 0 amide bonds. The Balaban J connectivity index is 1.83. The van der Waals surface area contributed by atoms with Gasteiger partial charge in [-0.2, -0.15) is 13.2 Å². The normalized spacial score (nSPS) is 11.7. The minimum atomic E-state index is -4.38. The third kappa shape index (κ3) is 3.59. The van der Waals surface area contributed by atoms with Gasteiger partial charge in [0.05, 0.1) is 17.6 Å². The molecule has 2 aromatic carbocycles. The van der Waals surface area contributed by atoms with Crippen molar-refractivity contribution < 1.29 is 17.6 Å². The first kappa shape index (κ1) is 15.3. The minimum Gasteiger partial charge on any atom is -0.332 e. The van der Waals surface area contributed by atoms with Crippen molar-refractivity contribution in [3.63, 3.8) is 0 Å². The number of rotatable bonds is 3. The number of halogens is 4. The maximum absolute atomic E-state index is 12.9. The van der Waals surface area contributed by atoms with Gasteiger partial charge in [0.1, 0.15) is 5.82 Å². The van der Waals surface area contributed by atoms with Crippen LogP contribution < -0.4 is 0 Å². The highest BCUT2D eigenvalue weighted by Gasteiger charge is 2.30. The van der Waals surface area contributed by atoms with Gasteiger partial charge in [-0.1, -0.05) is 24.3 Å². The average molecular weight is 320 g/mol. The van der Waals surface area contributed by atoms with Crippen LogP contribution in [0.2, 0.25) is 0 Å². The van der Waals surface area contributed by atoms with Gasteiger partial charge in [0.2, 0.25) is 0 Å². The molecule has 1 heterocycles. The zero-order valence-electron chi connectivity index (χ0n) is 11.9. The van der Waals surface area contributed by atoms with Gasteiger partial charge in [0.25, 0.3) is 0 Å². The van der Waals surface area contributed by atoms with Crippen molar-refractivity contribution in [2.75, 3.05) is 0 Å². The molecule has 118 valence electrons. The largest absolute Gasteiger partial charge is 0.416 e. The summed E-state index contributed by atoms with van der Waals surface area (Å²) >= 11 is 0. The van der Waals surface area contributed by atoms with E-state index in [1.165, 1.54) is 18.2 Å². The molecule has 0 spiro atoms. The lowest BCUT2D eigenvalue weighted by atomic mass is 10.1. The lowest BCUT2D eigenvalue weighted by Crippen LogP contribution is -2.04. The van der Waals surface area contributed by atoms with Crippen LogP contribution in [0.3, 0.4) is 0 Å². The van der Waals surface area contributed by atoms with E-state index in [-0.39, 0.29) is 5.82 Å². The predicted molar refractivity (Wildman–Crippen MR) is 78.2 cm³/mol. The third-order valence-corrected chi connectivity index (χ3v) is 3.40. The molecule has 0 fully saturated rings. The second-order valence-corrected chi connectivity index (χ2v) is 5.14. The van der Waals surface area contributed by atoms with Crippen molar-refractivity contribution in [2.45, 2.75) is 12.7 Å². The highest BCUT2D eigenvalue weighted by molar-refractivity contribution is 5.59. The van der Waals surface area contributed by atoms with Gasteiger partial charge in [0.15, 0.2) is 0 Å². The molecule has 0 aliphatic rings. The molecule has 0 aliphatic carbocycles. The molecule has 0 radical (unpaired) electrons. The summed E-state index contributed by atoms with van der Waals surface area (Å²) in [6, 6.07) is 11.1. The quantitative estimate of drug-likeness (QED) is 0.636. The summed E-state index contributed by atoms with van der Waals surface area (Å²) in [6.45, 7) is 0.465. The molecule has 0 N–H and O–H groups in total. The van der Waals surface area contributed by atoms with Crippen molar-refractivity contribution in [1.29, 1.82) is 0 Å². The number of nitrogens with zero attached hydrogens (tertiary/aromatic N) is 2. The van der Waals surface area contributed by atoms with Gasteiger partial charge in [-0.15, -0.1) is 0 Å².